The second kappa shape index (κ2) is 4.89. The third-order valence-electron chi connectivity index (χ3n) is 1.58. The Balaban J connectivity index is 3.05. The van der Waals surface area contributed by atoms with Crippen LogP contribution in [0.4, 0.5) is 5.13 Å². The molecule has 0 aliphatic heterocycles. The van der Waals surface area contributed by atoms with Crippen molar-refractivity contribution in [2.45, 2.75) is 20.8 Å². The van der Waals surface area contributed by atoms with Crippen molar-refractivity contribution in [3.63, 3.8) is 0 Å². The number of rotatable bonds is 3. The van der Waals surface area contributed by atoms with Gasteiger partial charge in [0.2, 0.25) is 5.91 Å². The number of hydrogen-bond acceptors (Lipinski definition) is 3. The third kappa shape index (κ3) is 3.32. The van der Waals surface area contributed by atoms with E-state index in [9.17, 15) is 4.79 Å². The smallest absolute Gasteiger partial charge is 0.223 e. The second-order valence-corrected chi connectivity index (χ2v) is 4.41. The van der Waals surface area contributed by atoms with Gasteiger partial charge >= 0.3 is 0 Å². The number of carbonyl (C=O) groups excluding carboxylic acids is 1. The molecule has 0 aliphatic carbocycles. The first-order valence-corrected chi connectivity index (χ1v) is 5.40. The molecule has 15 heavy (non-hydrogen) atoms. The van der Waals surface area contributed by atoms with Gasteiger partial charge in [-0.15, -0.1) is 0 Å². The summed E-state index contributed by atoms with van der Waals surface area (Å²) >= 11 is 1.45. The first-order valence-electron chi connectivity index (χ1n) is 4.58. The van der Waals surface area contributed by atoms with E-state index < -0.39 is 0 Å². The van der Waals surface area contributed by atoms with E-state index in [1.807, 2.05) is 19.9 Å². The average molecular weight is 222 g/mol. The highest BCUT2D eigenvalue weighted by Gasteiger charge is 2.07. The van der Waals surface area contributed by atoms with Crippen LogP contribution in [-0.2, 0) is 4.79 Å². The molecule has 0 spiro atoms. The minimum absolute atomic E-state index is 0.108. The van der Waals surface area contributed by atoms with Crippen LogP contribution in [0, 0.1) is 0 Å². The summed E-state index contributed by atoms with van der Waals surface area (Å²) in [4.78, 5) is 16.1. The van der Waals surface area contributed by atoms with Gasteiger partial charge in [-0.3, -0.25) is 4.79 Å². The molecule has 0 saturated heterocycles. The van der Waals surface area contributed by atoms with E-state index in [1.54, 1.807) is 6.08 Å². The lowest BCUT2D eigenvalue weighted by Crippen LogP contribution is -2.04. The molecule has 0 fully saturated rings. The summed E-state index contributed by atoms with van der Waals surface area (Å²) in [5, 5.41) is 3.28. The van der Waals surface area contributed by atoms with Gasteiger partial charge in [-0.25, -0.2) is 4.98 Å². The summed E-state index contributed by atoms with van der Waals surface area (Å²) in [5.74, 6) is -0.108. The number of hydrogen-bond donors (Lipinski definition) is 1. The first kappa shape index (κ1) is 11.7. The normalized spacial score (nSPS) is 9.53. The molecule has 1 N–H and O–H groups in total. The number of thiazole rings is 1. The molecule has 1 amide bonds. The van der Waals surface area contributed by atoms with Crippen molar-refractivity contribution >= 4 is 34.5 Å². The van der Waals surface area contributed by atoms with Crippen molar-refractivity contribution in [1.82, 2.24) is 4.98 Å². The van der Waals surface area contributed by atoms with E-state index >= 15 is 0 Å². The molecule has 0 aromatic carbocycles. The number of nitrogens with zero attached hydrogens (tertiary/aromatic N) is 1. The molecule has 1 heterocycles. The largest absolute Gasteiger partial charge is 0.302 e. The van der Waals surface area contributed by atoms with Crippen LogP contribution in [0.1, 0.15) is 31.3 Å². The fraction of sp³-hybridized carbons (Fsp3) is 0.273. The maximum absolute atomic E-state index is 10.9. The van der Waals surface area contributed by atoms with Crippen molar-refractivity contribution < 1.29 is 4.79 Å². The number of carbonyl (C=O) groups is 1. The van der Waals surface area contributed by atoms with Crippen LogP contribution in [0.25, 0.3) is 12.2 Å². The third-order valence-corrected chi connectivity index (χ3v) is 2.51. The Morgan fingerprint density at radius 3 is 2.60 bits per heavy atom. The van der Waals surface area contributed by atoms with Gasteiger partial charge in [0.15, 0.2) is 5.13 Å². The van der Waals surface area contributed by atoms with Gasteiger partial charge < -0.3 is 5.32 Å². The summed E-state index contributed by atoms with van der Waals surface area (Å²) in [6, 6.07) is 0. The summed E-state index contributed by atoms with van der Waals surface area (Å²) < 4.78 is 0. The van der Waals surface area contributed by atoms with Gasteiger partial charge in [-0.05, 0) is 26.0 Å². The fourth-order valence-corrected chi connectivity index (χ4v) is 2.13. The molecule has 80 valence electrons. The van der Waals surface area contributed by atoms with Gasteiger partial charge in [0.05, 0.1) is 10.6 Å². The van der Waals surface area contributed by atoms with Crippen LogP contribution in [0.5, 0.6) is 0 Å². The van der Waals surface area contributed by atoms with Gasteiger partial charge in [-0.1, -0.05) is 23.5 Å². The topological polar surface area (TPSA) is 42.0 Å². The van der Waals surface area contributed by atoms with E-state index in [-0.39, 0.29) is 5.91 Å². The number of nitrogens with one attached hydrogen (secondary N) is 1. The van der Waals surface area contributed by atoms with Crippen molar-refractivity contribution in [3.05, 3.63) is 22.7 Å². The van der Waals surface area contributed by atoms with Gasteiger partial charge in [-0.2, -0.15) is 0 Å². The zero-order valence-corrected chi connectivity index (χ0v) is 9.94. The van der Waals surface area contributed by atoms with Gasteiger partial charge in [0.25, 0.3) is 0 Å². The van der Waals surface area contributed by atoms with E-state index in [1.165, 1.54) is 23.8 Å². The lowest BCUT2D eigenvalue weighted by molar-refractivity contribution is -0.114. The van der Waals surface area contributed by atoms with Gasteiger partial charge in [0, 0.05) is 6.92 Å². The number of aromatic nitrogens is 1. The van der Waals surface area contributed by atoms with Crippen LogP contribution < -0.4 is 5.32 Å². The number of anilines is 1. The van der Waals surface area contributed by atoms with Crippen molar-refractivity contribution in [2.75, 3.05) is 5.32 Å². The monoisotopic (exact) mass is 222 g/mol. The summed E-state index contributed by atoms with van der Waals surface area (Å²) in [5.41, 5.74) is 2.00. The van der Waals surface area contributed by atoms with E-state index in [0.29, 0.717) is 5.13 Å². The van der Waals surface area contributed by atoms with Gasteiger partial charge in [0.1, 0.15) is 0 Å². The number of amides is 1. The highest BCUT2D eigenvalue weighted by atomic mass is 32.1. The Morgan fingerprint density at radius 1 is 1.47 bits per heavy atom. The second-order valence-electron chi connectivity index (χ2n) is 3.38. The summed E-state index contributed by atoms with van der Waals surface area (Å²) in [7, 11) is 0. The SMILES string of the molecule is C=Cc1nc(NC(C)=O)sc1C=C(C)C. The highest BCUT2D eigenvalue weighted by Crippen LogP contribution is 2.26. The number of allylic oxidation sites excluding steroid dienone is 1. The predicted octanol–water partition coefficient (Wildman–Crippen LogP) is 3.17. The van der Waals surface area contributed by atoms with Crippen molar-refractivity contribution in [2.24, 2.45) is 0 Å². The van der Waals surface area contributed by atoms with Crippen LogP contribution in [-0.4, -0.2) is 10.9 Å². The van der Waals surface area contributed by atoms with Crippen LogP contribution in [0.15, 0.2) is 12.2 Å². The molecule has 4 heteroatoms. The maximum Gasteiger partial charge on any atom is 0.223 e. The van der Waals surface area contributed by atoms with Crippen molar-refractivity contribution in [3.8, 4) is 0 Å². The Bertz CT molecular complexity index is 414. The summed E-state index contributed by atoms with van der Waals surface area (Å²) in [6.45, 7) is 9.20. The quantitative estimate of drug-likeness (QED) is 0.853. The van der Waals surface area contributed by atoms with Crippen LogP contribution in [0.3, 0.4) is 0 Å². The molecular formula is C11H14N2OS. The predicted molar refractivity (Wildman–Crippen MR) is 65.8 cm³/mol. The van der Waals surface area contributed by atoms with Crippen molar-refractivity contribution in [1.29, 1.82) is 0 Å². The zero-order chi connectivity index (χ0) is 11.4. The fourth-order valence-electron chi connectivity index (χ4n) is 1.06. The summed E-state index contributed by atoms with van der Waals surface area (Å²) in [6.07, 6.45) is 3.72. The molecule has 0 aliphatic rings. The molecule has 3 nitrogen and oxygen atoms in total. The van der Waals surface area contributed by atoms with Crippen LogP contribution in [0.2, 0.25) is 0 Å². The average Bonchev–Trinajstić information content (AvgIpc) is 2.45. The van der Waals surface area contributed by atoms with E-state index in [2.05, 4.69) is 16.9 Å². The molecule has 0 atom stereocenters. The Kier molecular flexibility index (Phi) is 3.80. The zero-order valence-electron chi connectivity index (χ0n) is 9.13. The molecule has 0 saturated carbocycles. The molecule has 1 rings (SSSR count). The molecule has 1 aromatic rings. The Morgan fingerprint density at radius 2 is 2.13 bits per heavy atom. The minimum Gasteiger partial charge on any atom is -0.302 e. The molecule has 0 unspecified atom stereocenters. The Labute approximate surface area is 93.5 Å². The standard InChI is InChI=1S/C11H14N2OS/c1-5-9-10(6-7(2)3)15-11(13-9)12-8(4)14/h5-6H,1H2,2-4H3,(H,12,13,14). The Hall–Kier alpha value is -1.42. The molecule has 0 bridgehead atoms. The lowest BCUT2D eigenvalue weighted by atomic mass is 10.2. The molecular weight excluding hydrogens is 208 g/mol. The van der Waals surface area contributed by atoms with Crippen LogP contribution >= 0.6 is 11.3 Å². The molecule has 0 radical (unpaired) electrons. The minimum atomic E-state index is -0.108. The maximum atomic E-state index is 10.9. The highest BCUT2D eigenvalue weighted by molar-refractivity contribution is 7.16. The van der Waals surface area contributed by atoms with E-state index in [0.717, 1.165) is 10.6 Å². The lowest BCUT2D eigenvalue weighted by Gasteiger charge is -1.91. The van der Waals surface area contributed by atoms with E-state index in [4.69, 9.17) is 0 Å². The first-order chi connectivity index (χ1) is 7.02. The molecule has 1 aromatic heterocycles.